The van der Waals surface area contributed by atoms with E-state index in [0.717, 1.165) is 0 Å². The van der Waals surface area contributed by atoms with Crippen molar-refractivity contribution in [3.05, 3.63) is 0 Å². The number of carbonyl (C=O) groups excluding carboxylic acids is 3. The molecule has 7 nitrogen and oxygen atoms in total. The SMILES string of the molecule is O=C([O-])C(=O)[O-].O=C([O-])[O-].[Pd]. The minimum Gasteiger partial charge on any atom is -0.652 e. The molecule has 0 aliphatic rings. The molecule has 0 amide bonds. The van der Waals surface area contributed by atoms with E-state index in [2.05, 4.69) is 0 Å². The van der Waals surface area contributed by atoms with Crippen LogP contribution in [0.15, 0.2) is 0 Å². The largest absolute Gasteiger partial charge is 0.652 e. The van der Waals surface area contributed by atoms with Gasteiger partial charge in [0, 0.05) is 20.4 Å². The molecule has 0 saturated carbocycles. The Kier molecular flexibility index (Phi) is 13.3. The number of carboxylic acid groups (broad SMARTS) is 4. The third-order valence-electron chi connectivity index (χ3n) is 0.167. The van der Waals surface area contributed by atoms with Crippen LogP contribution in [0.2, 0.25) is 0 Å². The average Bonchev–Trinajstić information content (AvgIpc) is 1.63. The van der Waals surface area contributed by atoms with Crippen molar-refractivity contribution in [1.29, 1.82) is 0 Å². The van der Waals surface area contributed by atoms with Gasteiger partial charge in [0.25, 0.3) is 0 Å². The van der Waals surface area contributed by atoms with Crippen LogP contribution < -0.4 is 20.4 Å². The molecule has 0 saturated heterocycles. The van der Waals surface area contributed by atoms with E-state index in [-0.39, 0.29) is 20.4 Å². The van der Waals surface area contributed by atoms with Gasteiger partial charge < -0.3 is 34.8 Å². The van der Waals surface area contributed by atoms with E-state index in [1.165, 1.54) is 0 Å². The zero-order valence-corrected chi connectivity index (χ0v) is 6.23. The minimum absolute atomic E-state index is 0. The van der Waals surface area contributed by atoms with Crippen molar-refractivity contribution in [2.45, 2.75) is 0 Å². The van der Waals surface area contributed by atoms with Gasteiger partial charge in [-0.15, -0.1) is 0 Å². The van der Waals surface area contributed by atoms with E-state index in [1.807, 2.05) is 0 Å². The molecule has 0 heterocycles. The summed E-state index contributed by atoms with van der Waals surface area (Å²) in [6.07, 6.45) is -2.33. The quantitative estimate of drug-likeness (QED) is 0.309. The number of carbonyl (C=O) groups is 3. The average molecular weight is 254 g/mol. The summed E-state index contributed by atoms with van der Waals surface area (Å²) >= 11 is 0. The van der Waals surface area contributed by atoms with Crippen LogP contribution in [0.1, 0.15) is 0 Å². The number of hydrogen-bond acceptors (Lipinski definition) is 7. The fraction of sp³-hybridized carbons (Fsp3) is 0. The van der Waals surface area contributed by atoms with Gasteiger partial charge in [0.15, 0.2) is 0 Å². The summed E-state index contributed by atoms with van der Waals surface area (Å²) in [5.41, 5.74) is 0. The van der Waals surface area contributed by atoms with E-state index in [4.69, 9.17) is 34.8 Å². The van der Waals surface area contributed by atoms with Crippen molar-refractivity contribution < 1.29 is 55.2 Å². The molecule has 11 heavy (non-hydrogen) atoms. The smallest absolute Gasteiger partial charge is 0.0870 e. The molecule has 0 N–H and O–H groups in total. The number of carboxylic acids is 2. The van der Waals surface area contributed by atoms with Gasteiger partial charge in [0.2, 0.25) is 0 Å². The zero-order chi connectivity index (χ0) is 8.73. The summed E-state index contributed by atoms with van der Waals surface area (Å²) in [5, 5.41) is 34.5. The molecule has 0 atom stereocenters. The third kappa shape index (κ3) is 50.8. The Labute approximate surface area is 73.9 Å². The first-order chi connectivity index (χ1) is 4.37. The summed E-state index contributed by atoms with van der Waals surface area (Å²) in [6.45, 7) is 0. The molecule has 0 aliphatic carbocycles. The molecule has 0 unspecified atom stereocenters. The van der Waals surface area contributed by atoms with Crippen LogP contribution in [0.3, 0.4) is 0 Å². The molecule has 0 aromatic carbocycles. The summed E-state index contributed by atoms with van der Waals surface area (Å²) < 4.78 is 0. The van der Waals surface area contributed by atoms with Crippen molar-refractivity contribution in [3.63, 3.8) is 0 Å². The second kappa shape index (κ2) is 8.87. The maximum absolute atomic E-state index is 8.93. The van der Waals surface area contributed by atoms with Crippen LogP contribution in [0.25, 0.3) is 0 Å². The Hall–Kier alpha value is -1.13. The first-order valence-electron chi connectivity index (χ1n) is 1.68. The van der Waals surface area contributed by atoms with Crippen molar-refractivity contribution in [1.82, 2.24) is 0 Å². The van der Waals surface area contributed by atoms with Gasteiger partial charge in [-0.05, 0) is 6.16 Å². The van der Waals surface area contributed by atoms with Gasteiger partial charge >= 0.3 is 0 Å². The fourth-order valence-corrected chi connectivity index (χ4v) is 0. The van der Waals surface area contributed by atoms with E-state index in [0.29, 0.717) is 0 Å². The van der Waals surface area contributed by atoms with E-state index in [9.17, 15) is 0 Å². The second-order valence-corrected chi connectivity index (χ2v) is 0.825. The van der Waals surface area contributed by atoms with Crippen LogP contribution >= 0.6 is 0 Å². The maximum atomic E-state index is 8.93. The zero-order valence-electron chi connectivity index (χ0n) is 4.67. The normalized spacial score (nSPS) is 6.18. The second-order valence-electron chi connectivity index (χ2n) is 0.825. The van der Waals surface area contributed by atoms with Gasteiger partial charge in [-0.3, -0.25) is 0 Å². The topological polar surface area (TPSA) is 143 Å². The number of rotatable bonds is 0. The first-order valence-corrected chi connectivity index (χ1v) is 1.68. The summed E-state index contributed by atoms with van der Waals surface area (Å²) in [6, 6.07) is 0. The van der Waals surface area contributed by atoms with E-state index >= 15 is 0 Å². The molecule has 0 spiro atoms. The summed E-state index contributed by atoms with van der Waals surface area (Å²) in [5.74, 6) is -4.37. The van der Waals surface area contributed by atoms with E-state index < -0.39 is 18.1 Å². The maximum Gasteiger partial charge on any atom is 0.0870 e. The molecule has 0 aromatic heterocycles. The van der Waals surface area contributed by atoms with Gasteiger partial charge in [0.05, 0.1) is 11.9 Å². The van der Waals surface area contributed by atoms with Gasteiger partial charge in [-0.2, -0.15) is 0 Å². The van der Waals surface area contributed by atoms with Crippen molar-refractivity contribution in [3.8, 4) is 0 Å². The molecule has 8 heteroatoms. The van der Waals surface area contributed by atoms with Crippen LogP contribution in [0.4, 0.5) is 4.79 Å². The number of aliphatic carboxylic acids is 2. The van der Waals surface area contributed by atoms with Crippen molar-refractivity contribution >= 4 is 18.1 Å². The van der Waals surface area contributed by atoms with E-state index in [1.54, 1.807) is 0 Å². The molecule has 0 bridgehead atoms. The molecular formula is C3O7Pd-4. The Morgan fingerprint density at radius 2 is 0.818 bits per heavy atom. The first kappa shape index (κ1) is 16.5. The third-order valence-corrected chi connectivity index (χ3v) is 0.167. The summed E-state index contributed by atoms with van der Waals surface area (Å²) in [7, 11) is 0. The molecule has 0 fully saturated rings. The monoisotopic (exact) mass is 254 g/mol. The Balaban J connectivity index is -0.000000114. The minimum atomic E-state index is -2.33. The van der Waals surface area contributed by atoms with Gasteiger partial charge in [0.1, 0.15) is 0 Å². The standard InChI is InChI=1S/C2H2O4.CH2O3.Pd/c3-1(4)2(5)6;2-1(3)4;/h(H,3,4)(H,5,6);(H2,2,3,4);/p-4. The Morgan fingerprint density at radius 1 is 0.727 bits per heavy atom. The fourth-order valence-electron chi connectivity index (χ4n) is 0. The Bertz CT molecular complexity index is 136. The van der Waals surface area contributed by atoms with Gasteiger partial charge in [-0.1, -0.05) is 0 Å². The van der Waals surface area contributed by atoms with Crippen LogP contribution in [0.5, 0.6) is 0 Å². The van der Waals surface area contributed by atoms with Crippen LogP contribution in [-0.4, -0.2) is 18.1 Å². The van der Waals surface area contributed by atoms with Crippen molar-refractivity contribution in [2.75, 3.05) is 0 Å². The Morgan fingerprint density at radius 3 is 0.818 bits per heavy atom. The van der Waals surface area contributed by atoms with Gasteiger partial charge in [-0.25, -0.2) is 0 Å². The predicted molar refractivity (Wildman–Crippen MR) is 15.4 cm³/mol. The molecule has 0 radical (unpaired) electrons. The summed E-state index contributed by atoms with van der Waals surface area (Å²) in [4.78, 5) is 26.2. The molecule has 68 valence electrons. The number of hydrogen-bond donors (Lipinski definition) is 0. The van der Waals surface area contributed by atoms with Crippen LogP contribution in [-0.2, 0) is 30.0 Å². The van der Waals surface area contributed by atoms with Crippen LogP contribution in [0, 0.1) is 0 Å². The van der Waals surface area contributed by atoms with Crippen molar-refractivity contribution in [2.24, 2.45) is 0 Å². The molecular weight excluding hydrogens is 254 g/mol. The molecule has 0 aliphatic heterocycles. The molecule has 0 rings (SSSR count). The molecule has 0 aromatic rings. The predicted octanol–water partition coefficient (Wildman–Crippen LogP) is -5.96.